The molecule has 2 heterocycles. The number of carbonyl (C=O) groups excluding carboxylic acids is 2. The van der Waals surface area contributed by atoms with Crippen molar-refractivity contribution in [2.45, 2.75) is 12.7 Å². The SMILES string of the molecule is COc1ccccc1C1=C(SCc2ccco2)C(=O)N(c2ccc(C)c(Cl)c2)C1=O. The Morgan fingerprint density at radius 3 is 2.57 bits per heavy atom. The van der Waals surface area contributed by atoms with Crippen molar-refractivity contribution >= 4 is 46.4 Å². The highest BCUT2D eigenvalue weighted by Gasteiger charge is 2.41. The van der Waals surface area contributed by atoms with Gasteiger partial charge in [0, 0.05) is 10.6 Å². The van der Waals surface area contributed by atoms with Crippen LogP contribution in [0.4, 0.5) is 5.69 Å². The molecule has 2 aromatic carbocycles. The summed E-state index contributed by atoms with van der Waals surface area (Å²) in [5.74, 6) is 0.851. The van der Waals surface area contributed by atoms with Gasteiger partial charge in [0.25, 0.3) is 11.8 Å². The van der Waals surface area contributed by atoms with Crippen molar-refractivity contribution in [3.8, 4) is 5.75 Å². The Morgan fingerprint density at radius 1 is 1.07 bits per heavy atom. The van der Waals surface area contributed by atoms with Crippen LogP contribution in [-0.4, -0.2) is 18.9 Å². The monoisotopic (exact) mass is 439 g/mol. The first-order valence-electron chi connectivity index (χ1n) is 9.19. The molecule has 0 fully saturated rings. The quantitative estimate of drug-likeness (QED) is 0.477. The van der Waals surface area contributed by atoms with Gasteiger partial charge in [-0.25, -0.2) is 4.90 Å². The van der Waals surface area contributed by atoms with Gasteiger partial charge in [0.2, 0.25) is 0 Å². The third-order valence-corrected chi connectivity index (χ3v) is 6.27. The fourth-order valence-corrected chi connectivity index (χ4v) is 4.41. The second kappa shape index (κ2) is 8.42. The van der Waals surface area contributed by atoms with Crippen molar-refractivity contribution in [1.82, 2.24) is 0 Å². The second-order valence-electron chi connectivity index (χ2n) is 6.65. The highest BCUT2D eigenvalue weighted by Crippen LogP contribution is 2.42. The van der Waals surface area contributed by atoms with Gasteiger partial charge in [-0.1, -0.05) is 35.9 Å². The van der Waals surface area contributed by atoms with E-state index in [0.29, 0.717) is 44.0 Å². The summed E-state index contributed by atoms with van der Waals surface area (Å²) < 4.78 is 10.8. The zero-order valence-electron chi connectivity index (χ0n) is 16.3. The molecule has 0 saturated carbocycles. The normalized spacial score (nSPS) is 14.0. The van der Waals surface area contributed by atoms with Crippen molar-refractivity contribution in [2.24, 2.45) is 0 Å². The maximum absolute atomic E-state index is 13.5. The van der Waals surface area contributed by atoms with E-state index in [2.05, 4.69) is 0 Å². The van der Waals surface area contributed by atoms with Crippen molar-refractivity contribution in [3.63, 3.8) is 0 Å². The molecule has 0 saturated heterocycles. The first-order chi connectivity index (χ1) is 14.5. The molecule has 30 heavy (non-hydrogen) atoms. The van der Waals surface area contributed by atoms with Gasteiger partial charge in [-0.3, -0.25) is 9.59 Å². The number of carbonyl (C=O) groups is 2. The Balaban J connectivity index is 1.80. The number of rotatable bonds is 6. The zero-order chi connectivity index (χ0) is 21.3. The molecule has 0 aliphatic carbocycles. The fourth-order valence-electron chi connectivity index (χ4n) is 3.23. The predicted molar refractivity (Wildman–Crippen MR) is 119 cm³/mol. The van der Waals surface area contributed by atoms with Crippen LogP contribution in [0, 0.1) is 6.92 Å². The maximum atomic E-state index is 13.5. The number of aryl methyl sites for hydroxylation is 1. The standard InChI is InChI=1S/C23H18ClNO4S/c1-14-9-10-15(12-18(14)24)25-22(26)20(17-7-3-4-8-19(17)28-2)21(23(25)27)30-13-16-6-5-11-29-16/h3-12H,13H2,1-2H3. The smallest absolute Gasteiger partial charge is 0.272 e. The molecule has 152 valence electrons. The van der Waals surface area contributed by atoms with E-state index in [-0.39, 0.29) is 0 Å². The molecule has 0 radical (unpaired) electrons. The number of hydrogen-bond donors (Lipinski definition) is 0. The average molecular weight is 440 g/mol. The number of para-hydroxylation sites is 1. The van der Waals surface area contributed by atoms with Gasteiger partial charge in [0.1, 0.15) is 11.5 Å². The molecule has 1 aromatic heterocycles. The Labute approximate surface area is 183 Å². The molecular formula is C23H18ClNO4S. The number of halogens is 1. The second-order valence-corrected chi connectivity index (χ2v) is 8.04. The first kappa shape index (κ1) is 20.3. The summed E-state index contributed by atoms with van der Waals surface area (Å²) in [7, 11) is 1.54. The summed E-state index contributed by atoms with van der Waals surface area (Å²) in [6, 6.07) is 15.9. The van der Waals surface area contributed by atoms with Crippen molar-refractivity contribution in [3.05, 3.63) is 87.7 Å². The molecular weight excluding hydrogens is 422 g/mol. The van der Waals surface area contributed by atoms with Crippen molar-refractivity contribution < 1.29 is 18.7 Å². The van der Waals surface area contributed by atoms with Crippen LogP contribution in [0.5, 0.6) is 5.75 Å². The van der Waals surface area contributed by atoms with E-state index in [0.717, 1.165) is 10.5 Å². The minimum atomic E-state index is -0.411. The average Bonchev–Trinajstić information content (AvgIpc) is 3.35. The summed E-state index contributed by atoms with van der Waals surface area (Å²) in [4.78, 5) is 28.3. The number of thioether (sulfide) groups is 1. The van der Waals surface area contributed by atoms with Gasteiger partial charge in [0.15, 0.2) is 0 Å². The lowest BCUT2D eigenvalue weighted by atomic mass is 10.0. The van der Waals surface area contributed by atoms with Crippen LogP contribution in [0.1, 0.15) is 16.9 Å². The maximum Gasteiger partial charge on any atom is 0.272 e. The van der Waals surface area contributed by atoms with Crippen molar-refractivity contribution in [2.75, 3.05) is 12.0 Å². The minimum absolute atomic E-state index is 0.311. The van der Waals surface area contributed by atoms with E-state index in [1.165, 1.54) is 18.9 Å². The Hall–Kier alpha value is -2.96. The first-order valence-corrected chi connectivity index (χ1v) is 10.6. The number of imide groups is 1. The Bertz CT molecular complexity index is 1150. The van der Waals surface area contributed by atoms with Crippen LogP contribution >= 0.6 is 23.4 Å². The highest BCUT2D eigenvalue weighted by atomic mass is 35.5. The van der Waals surface area contributed by atoms with E-state index in [1.807, 2.05) is 25.1 Å². The van der Waals surface area contributed by atoms with Crippen LogP contribution in [0.2, 0.25) is 5.02 Å². The van der Waals surface area contributed by atoms with Crippen LogP contribution in [-0.2, 0) is 15.3 Å². The largest absolute Gasteiger partial charge is 0.496 e. The molecule has 0 unspecified atom stereocenters. The fraction of sp³-hybridized carbons (Fsp3) is 0.130. The van der Waals surface area contributed by atoms with E-state index in [1.54, 1.807) is 42.7 Å². The van der Waals surface area contributed by atoms with Gasteiger partial charge in [-0.05, 0) is 42.8 Å². The number of furan rings is 1. The molecule has 0 spiro atoms. The lowest BCUT2D eigenvalue weighted by molar-refractivity contribution is -0.119. The number of benzene rings is 2. The van der Waals surface area contributed by atoms with E-state index in [4.69, 9.17) is 20.8 Å². The number of methoxy groups -OCH3 is 1. The molecule has 7 heteroatoms. The minimum Gasteiger partial charge on any atom is -0.496 e. The molecule has 1 aliphatic rings. The van der Waals surface area contributed by atoms with Gasteiger partial charge in [-0.2, -0.15) is 0 Å². The number of anilines is 1. The van der Waals surface area contributed by atoms with Crippen LogP contribution in [0.15, 0.2) is 70.2 Å². The Morgan fingerprint density at radius 2 is 1.87 bits per heavy atom. The van der Waals surface area contributed by atoms with Crippen LogP contribution in [0.25, 0.3) is 5.57 Å². The Kier molecular flexibility index (Phi) is 5.70. The molecule has 3 aromatic rings. The molecule has 5 nitrogen and oxygen atoms in total. The number of hydrogen-bond acceptors (Lipinski definition) is 5. The van der Waals surface area contributed by atoms with Gasteiger partial charge >= 0.3 is 0 Å². The molecule has 0 bridgehead atoms. The summed E-state index contributed by atoms with van der Waals surface area (Å²) in [6.45, 7) is 1.86. The van der Waals surface area contributed by atoms with Crippen LogP contribution < -0.4 is 9.64 Å². The van der Waals surface area contributed by atoms with E-state index < -0.39 is 11.8 Å². The van der Waals surface area contributed by atoms with Crippen LogP contribution in [0.3, 0.4) is 0 Å². The summed E-state index contributed by atoms with van der Waals surface area (Å²) in [5, 5.41) is 0.489. The van der Waals surface area contributed by atoms with Gasteiger partial charge < -0.3 is 9.15 Å². The highest BCUT2D eigenvalue weighted by molar-refractivity contribution is 8.03. The van der Waals surface area contributed by atoms with Crippen molar-refractivity contribution in [1.29, 1.82) is 0 Å². The number of amides is 2. The molecule has 1 aliphatic heterocycles. The molecule has 0 atom stereocenters. The lowest BCUT2D eigenvalue weighted by Gasteiger charge is -2.16. The third-order valence-electron chi connectivity index (χ3n) is 4.77. The zero-order valence-corrected chi connectivity index (χ0v) is 17.9. The van der Waals surface area contributed by atoms with Gasteiger partial charge in [0.05, 0.1) is 35.3 Å². The molecule has 4 rings (SSSR count). The van der Waals surface area contributed by atoms with Gasteiger partial charge in [-0.15, -0.1) is 11.8 Å². The van der Waals surface area contributed by atoms with E-state index >= 15 is 0 Å². The third kappa shape index (κ3) is 3.64. The number of ether oxygens (including phenoxy) is 1. The summed E-state index contributed by atoms with van der Waals surface area (Å²) in [5.41, 5.74) is 2.18. The summed E-state index contributed by atoms with van der Waals surface area (Å²) >= 11 is 7.52. The van der Waals surface area contributed by atoms with E-state index in [9.17, 15) is 9.59 Å². The summed E-state index contributed by atoms with van der Waals surface area (Å²) in [6.07, 6.45) is 1.58. The molecule has 0 N–H and O–H groups in total. The number of nitrogens with zero attached hydrogens (tertiary/aromatic N) is 1. The predicted octanol–water partition coefficient (Wildman–Crippen LogP) is 5.47. The topological polar surface area (TPSA) is 59.8 Å². The molecule has 2 amide bonds. The lowest BCUT2D eigenvalue weighted by Crippen LogP contribution is -2.31.